The topological polar surface area (TPSA) is 49.8 Å². The molecule has 1 aromatic rings. The summed E-state index contributed by atoms with van der Waals surface area (Å²) in [7, 11) is 0. The standard InChI is InChI=1S/C8H11ClN4.ClH/c9-7-3-8(12-5-11-7)13-6-1-2-10-4-6;/h3,5-6,10H,1-2,4H2,(H,11,12,13);1H. The first kappa shape index (κ1) is 11.5. The van der Waals surface area contributed by atoms with Crippen LogP contribution in [0.5, 0.6) is 0 Å². The highest BCUT2D eigenvalue weighted by atomic mass is 35.5. The summed E-state index contributed by atoms with van der Waals surface area (Å²) in [5, 5.41) is 7.03. The number of halogens is 2. The van der Waals surface area contributed by atoms with E-state index in [0.717, 1.165) is 25.3 Å². The van der Waals surface area contributed by atoms with Gasteiger partial charge in [0.05, 0.1) is 0 Å². The second kappa shape index (κ2) is 5.34. The van der Waals surface area contributed by atoms with Crippen molar-refractivity contribution >= 4 is 29.8 Å². The number of aromatic nitrogens is 2. The number of hydrogen-bond donors (Lipinski definition) is 2. The summed E-state index contributed by atoms with van der Waals surface area (Å²) in [6.45, 7) is 2.05. The molecule has 6 heteroatoms. The lowest BCUT2D eigenvalue weighted by Gasteiger charge is -2.10. The van der Waals surface area contributed by atoms with Crippen LogP contribution in [0, 0.1) is 0 Å². The molecule has 0 radical (unpaired) electrons. The Morgan fingerprint density at radius 1 is 1.50 bits per heavy atom. The molecule has 0 aliphatic carbocycles. The number of nitrogens with zero attached hydrogens (tertiary/aromatic N) is 2. The van der Waals surface area contributed by atoms with Crippen LogP contribution in [0.3, 0.4) is 0 Å². The van der Waals surface area contributed by atoms with Gasteiger partial charge in [0.2, 0.25) is 0 Å². The molecule has 0 aromatic carbocycles. The average molecular weight is 235 g/mol. The van der Waals surface area contributed by atoms with E-state index in [0.29, 0.717) is 11.2 Å². The highest BCUT2D eigenvalue weighted by Gasteiger charge is 2.14. The van der Waals surface area contributed by atoms with Gasteiger partial charge in [-0.05, 0) is 13.0 Å². The van der Waals surface area contributed by atoms with Crippen molar-refractivity contribution in [2.75, 3.05) is 18.4 Å². The first-order chi connectivity index (χ1) is 6.34. The maximum absolute atomic E-state index is 5.72. The van der Waals surface area contributed by atoms with E-state index in [-0.39, 0.29) is 12.4 Å². The lowest BCUT2D eigenvalue weighted by atomic mass is 10.2. The van der Waals surface area contributed by atoms with Gasteiger partial charge in [-0.15, -0.1) is 12.4 Å². The van der Waals surface area contributed by atoms with E-state index in [9.17, 15) is 0 Å². The minimum Gasteiger partial charge on any atom is -0.366 e. The molecule has 1 fully saturated rings. The SMILES string of the molecule is Cl.Clc1cc(NC2CCNC2)ncn1. The second-order valence-electron chi connectivity index (χ2n) is 3.06. The summed E-state index contributed by atoms with van der Waals surface area (Å²) < 4.78 is 0. The quantitative estimate of drug-likeness (QED) is 0.759. The van der Waals surface area contributed by atoms with Crippen LogP contribution in [0.1, 0.15) is 6.42 Å². The monoisotopic (exact) mass is 234 g/mol. The van der Waals surface area contributed by atoms with Gasteiger partial charge >= 0.3 is 0 Å². The number of rotatable bonds is 2. The third kappa shape index (κ3) is 2.97. The first-order valence-corrected chi connectivity index (χ1v) is 4.67. The van der Waals surface area contributed by atoms with Crippen LogP contribution < -0.4 is 10.6 Å². The van der Waals surface area contributed by atoms with Gasteiger partial charge in [0, 0.05) is 18.7 Å². The smallest absolute Gasteiger partial charge is 0.134 e. The summed E-state index contributed by atoms with van der Waals surface area (Å²) in [6.07, 6.45) is 2.59. The fraction of sp³-hybridized carbons (Fsp3) is 0.500. The third-order valence-corrected chi connectivity index (χ3v) is 2.25. The van der Waals surface area contributed by atoms with E-state index in [4.69, 9.17) is 11.6 Å². The van der Waals surface area contributed by atoms with Crippen molar-refractivity contribution in [1.29, 1.82) is 0 Å². The molecule has 0 amide bonds. The summed E-state index contributed by atoms with van der Waals surface area (Å²) in [4.78, 5) is 7.88. The van der Waals surface area contributed by atoms with Crippen molar-refractivity contribution in [3.8, 4) is 0 Å². The third-order valence-electron chi connectivity index (χ3n) is 2.05. The molecule has 2 heterocycles. The van der Waals surface area contributed by atoms with Crippen LogP contribution >= 0.6 is 24.0 Å². The van der Waals surface area contributed by atoms with Crippen molar-refractivity contribution in [3.05, 3.63) is 17.5 Å². The molecule has 14 heavy (non-hydrogen) atoms. The maximum atomic E-state index is 5.72. The van der Waals surface area contributed by atoms with E-state index in [1.165, 1.54) is 6.33 Å². The average Bonchev–Trinajstić information content (AvgIpc) is 2.57. The molecular weight excluding hydrogens is 223 g/mol. The zero-order chi connectivity index (χ0) is 9.10. The van der Waals surface area contributed by atoms with E-state index >= 15 is 0 Å². The van der Waals surface area contributed by atoms with E-state index in [1.807, 2.05) is 0 Å². The molecule has 0 spiro atoms. The Labute approximate surface area is 93.9 Å². The Morgan fingerprint density at radius 3 is 3.00 bits per heavy atom. The molecule has 0 saturated carbocycles. The van der Waals surface area contributed by atoms with E-state index < -0.39 is 0 Å². The van der Waals surface area contributed by atoms with E-state index in [1.54, 1.807) is 6.07 Å². The fourth-order valence-electron chi connectivity index (χ4n) is 1.40. The molecule has 4 nitrogen and oxygen atoms in total. The predicted molar refractivity (Wildman–Crippen MR) is 59.2 cm³/mol. The Kier molecular flexibility index (Phi) is 4.38. The molecule has 2 N–H and O–H groups in total. The summed E-state index contributed by atoms with van der Waals surface area (Å²) in [5.74, 6) is 0.800. The molecule has 1 aromatic heterocycles. The molecule has 1 aliphatic rings. The number of anilines is 1. The molecule has 1 atom stereocenters. The van der Waals surface area contributed by atoms with E-state index in [2.05, 4.69) is 20.6 Å². The van der Waals surface area contributed by atoms with Crippen molar-refractivity contribution in [2.24, 2.45) is 0 Å². The van der Waals surface area contributed by atoms with Gasteiger partial charge in [-0.2, -0.15) is 0 Å². The highest BCUT2D eigenvalue weighted by molar-refractivity contribution is 6.29. The summed E-state index contributed by atoms with van der Waals surface area (Å²) in [6, 6.07) is 2.20. The van der Waals surface area contributed by atoms with Gasteiger partial charge in [-0.3, -0.25) is 0 Å². The molecule has 78 valence electrons. The summed E-state index contributed by atoms with van der Waals surface area (Å²) in [5.41, 5.74) is 0. The lowest BCUT2D eigenvalue weighted by molar-refractivity contribution is 0.787. The zero-order valence-electron chi connectivity index (χ0n) is 7.53. The van der Waals surface area contributed by atoms with Crippen LogP contribution in [-0.2, 0) is 0 Å². The zero-order valence-corrected chi connectivity index (χ0v) is 9.11. The Bertz CT molecular complexity index is 288. The highest BCUT2D eigenvalue weighted by Crippen LogP contribution is 2.11. The molecule has 0 bridgehead atoms. The maximum Gasteiger partial charge on any atom is 0.134 e. The molecule has 2 rings (SSSR count). The van der Waals surface area contributed by atoms with Crippen molar-refractivity contribution < 1.29 is 0 Å². The van der Waals surface area contributed by atoms with Gasteiger partial charge in [0.15, 0.2) is 0 Å². The molecule has 1 saturated heterocycles. The minimum atomic E-state index is 0. The number of hydrogen-bond acceptors (Lipinski definition) is 4. The van der Waals surface area contributed by atoms with Crippen LogP contribution in [0.4, 0.5) is 5.82 Å². The van der Waals surface area contributed by atoms with Crippen LogP contribution in [0.15, 0.2) is 12.4 Å². The fourth-order valence-corrected chi connectivity index (χ4v) is 1.55. The predicted octanol–water partition coefficient (Wildman–Crippen LogP) is 1.33. The summed E-state index contributed by atoms with van der Waals surface area (Å²) >= 11 is 5.72. The minimum absolute atomic E-state index is 0. The Morgan fingerprint density at radius 2 is 2.36 bits per heavy atom. The Hall–Kier alpha value is -0.580. The van der Waals surface area contributed by atoms with Crippen LogP contribution in [0.25, 0.3) is 0 Å². The lowest BCUT2D eigenvalue weighted by Crippen LogP contribution is -2.22. The van der Waals surface area contributed by atoms with Crippen molar-refractivity contribution in [2.45, 2.75) is 12.5 Å². The van der Waals surface area contributed by atoms with Crippen LogP contribution in [0.2, 0.25) is 5.15 Å². The van der Waals surface area contributed by atoms with Gasteiger partial charge in [-0.1, -0.05) is 11.6 Å². The van der Waals surface area contributed by atoms with Crippen LogP contribution in [-0.4, -0.2) is 29.1 Å². The first-order valence-electron chi connectivity index (χ1n) is 4.29. The van der Waals surface area contributed by atoms with Gasteiger partial charge in [0.1, 0.15) is 17.3 Å². The number of nitrogens with one attached hydrogen (secondary N) is 2. The van der Waals surface area contributed by atoms with Gasteiger partial charge in [-0.25, -0.2) is 9.97 Å². The second-order valence-corrected chi connectivity index (χ2v) is 3.45. The molecule has 1 aliphatic heterocycles. The molecular formula is C8H12Cl2N4. The largest absolute Gasteiger partial charge is 0.366 e. The molecule has 1 unspecified atom stereocenters. The van der Waals surface area contributed by atoms with Crippen molar-refractivity contribution in [3.63, 3.8) is 0 Å². The van der Waals surface area contributed by atoms with Gasteiger partial charge in [0.25, 0.3) is 0 Å². The Balaban J connectivity index is 0.000000980. The van der Waals surface area contributed by atoms with Gasteiger partial charge < -0.3 is 10.6 Å². The normalized spacial score (nSPS) is 20.2. The van der Waals surface area contributed by atoms with Crippen molar-refractivity contribution in [1.82, 2.24) is 15.3 Å².